The highest BCUT2D eigenvalue weighted by Gasteiger charge is 2.22. The molecule has 1 aromatic rings. The second kappa shape index (κ2) is 5.91. The normalized spacial score (nSPS) is 15.6. The van der Waals surface area contributed by atoms with Crippen LogP contribution in [0.1, 0.15) is 45.2 Å². The summed E-state index contributed by atoms with van der Waals surface area (Å²) in [6, 6.07) is 8.53. The van der Waals surface area contributed by atoms with E-state index < -0.39 is 0 Å². The van der Waals surface area contributed by atoms with Gasteiger partial charge in [0.05, 0.1) is 0 Å². The molecule has 0 heterocycles. The minimum absolute atomic E-state index is 0.241. The van der Waals surface area contributed by atoms with Crippen molar-refractivity contribution in [2.75, 3.05) is 0 Å². The minimum atomic E-state index is 0.241. The SMILES string of the molecule is Cc1ccccc1CC(Cl)CC(C)C(C)(C)C. The fourth-order valence-electron chi connectivity index (χ4n) is 1.90. The van der Waals surface area contributed by atoms with Gasteiger partial charge < -0.3 is 0 Å². The van der Waals surface area contributed by atoms with Gasteiger partial charge in [-0.1, -0.05) is 52.0 Å². The van der Waals surface area contributed by atoms with E-state index in [1.165, 1.54) is 11.1 Å². The quantitative estimate of drug-likeness (QED) is 0.645. The Kier molecular flexibility index (Phi) is 5.06. The topological polar surface area (TPSA) is 0 Å². The van der Waals surface area contributed by atoms with Crippen molar-refractivity contribution in [3.05, 3.63) is 35.4 Å². The van der Waals surface area contributed by atoms with Gasteiger partial charge in [0.2, 0.25) is 0 Å². The first-order chi connectivity index (χ1) is 7.80. The maximum absolute atomic E-state index is 6.49. The maximum atomic E-state index is 6.49. The molecule has 96 valence electrons. The summed E-state index contributed by atoms with van der Waals surface area (Å²) in [5, 5.41) is 0.241. The van der Waals surface area contributed by atoms with Crippen LogP contribution in [0.3, 0.4) is 0 Å². The molecule has 0 N–H and O–H groups in total. The lowest BCUT2D eigenvalue weighted by Crippen LogP contribution is -2.21. The van der Waals surface area contributed by atoms with Crippen molar-refractivity contribution < 1.29 is 0 Å². The summed E-state index contributed by atoms with van der Waals surface area (Å²) >= 11 is 6.49. The summed E-state index contributed by atoms with van der Waals surface area (Å²) in [6.45, 7) is 11.3. The predicted octanol–water partition coefficient (Wildman–Crippen LogP) is 5.22. The molecule has 1 heteroatoms. The van der Waals surface area contributed by atoms with E-state index in [1.54, 1.807) is 0 Å². The second-order valence-electron chi connectivity index (χ2n) is 6.23. The first-order valence-electron chi connectivity index (χ1n) is 6.49. The maximum Gasteiger partial charge on any atom is 0.0379 e. The molecule has 0 amide bonds. The smallest absolute Gasteiger partial charge is 0.0379 e. The van der Waals surface area contributed by atoms with Crippen LogP contribution in [0.2, 0.25) is 0 Å². The van der Waals surface area contributed by atoms with Crippen LogP contribution in [0.4, 0.5) is 0 Å². The Bertz CT molecular complexity index is 349. The summed E-state index contributed by atoms with van der Waals surface area (Å²) in [6.07, 6.45) is 2.06. The van der Waals surface area contributed by atoms with Crippen LogP contribution >= 0.6 is 11.6 Å². The van der Waals surface area contributed by atoms with E-state index in [0.717, 1.165) is 12.8 Å². The first kappa shape index (κ1) is 14.6. The van der Waals surface area contributed by atoms with Crippen LogP contribution in [0, 0.1) is 18.3 Å². The molecular formula is C16H25Cl. The number of hydrogen-bond acceptors (Lipinski definition) is 0. The third-order valence-electron chi connectivity index (χ3n) is 3.79. The summed E-state index contributed by atoms with van der Waals surface area (Å²) in [4.78, 5) is 0. The zero-order valence-electron chi connectivity index (χ0n) is 11.8. The Morgan fingerprint density at radius 1 is 1.18 bits per heavy atom. The van der Waals surface area contributed by atoms with Crippen molar-refractivity contribution in [2.45, 2.75) is 52.8 Å². The zero-order valence-corrected chi connectivity index (χ0v) is 12.5. The largest absolute Gasteiger partial charge is 0.123 e. The van der Waals surface area contributed by atoms with Gasteiger partial charge in [-0.2, -0.15) is 0 Å². The summed E-state index contributed by atoms with van der Waals surface area (Å²) in [5.74, 6) is 0.647. The molecule has 17 heavy (non-hydrogen) atoms. The van der Waals surface area contributed by atoms with Gasteiger partial charge in [0.15, 0.2) is 0 Å². The number of rotatable bonds is 4. The highest BCUT2D eigenvalue weighted by Crippen LogP contribution is 2.31. The first-order valence-corrected chi connectivity index (χ1v) is 6.93. The second-order valence-corrected chi connectivity index (χ2v) is 6.85. The van der Waals surface area contributed by atoms with Gasteiger partial charge in [0, 0.05) is 5.38 Å². The van der Waals surface area contributed by atoms with Crippen LogP contribution < -0.4 is 0 Å². The highest BCUT2D eigenvalue weighted by atomic mass is 35.5. The molecule has 0 radical (unpaired) electrons. The summed E-state index contributed by atoms with van der Waals surface area (Å²) in [7, 11) is 0. The number of benzene rings is 1. The molecule has 0 spiro atoms. The molecule has 2 unspecified atom stereocenters. The molecule has 2 atom stereocenters. The molecular weight excluding hydrogens is 228 g/mol. The average Bonchev–Trinajstić information content (AvgIpc) is 2.20. The molecule has 0 bridgehead atoms. The molecule has 0 fully saturated rings. The zero-order chi connectivity index (χ0) is 13.1. The monoisotopic (exact) mass is 252 g/mol. The van der Waals surface area contributed by atoms with Gasteiger partial charge in [-0.25, -0.2) is 0 Å². The van der Waals surface area contributed by atoms with Gasteiger partial charge in [-0.3, -0.25) is 0 Å². The molecule has 0 aliphatic carbocycles. The van der Waals surface area contributed by atoms with E-state index in [1.807, 2.05) is 0 Å². The van der Waals surface area contributed by atoms with Gasteiger partial charge in [-0.15, -0.1) is 11.6 Å². The van der Waals surface area contributed by atoms with E-state index in [9.17, 15) is 0 Å². The van der Waals surface area contributed by atoms with Crippen molar-refractivity contribution in [1.29, 1.82) is 0 Å². The Balaban J connectivity index is 2.56. The van der Waals surface area contributed by atoms with E-state index in [4.69, 9.17) is 11.6 Å². The molecule has 1 aromatic carbocycles. The Hall–Kier alpha value is -0.490. The van der Waals surface area contributed by atoms with Crippen molar-refractivity contribution in [1.82, 2.24) is 0 Å². The lowest BCUT2D eigenvalue weighted by Gasteiger charge is -2.29. The lowest BCUT2D eigenvalue weighted by molar-refractivity contribution is 0.244. The predicted molar refractivity (Wildman–Crippen MR) is 77.8 cm³/mol. The van der Waals surface area contributed by atoms with Crippen LogP contribution in [0.5, 0.6) is 0 Å². The molecule has 0 aliphatic rings. The Morgan fingerprint density at radius 3 is 2.29 bits per heavy atom. The molecule has 1 rings (SSSR count). The van der Waals surface area contributed by atoms with Crippen molar-refractivity contribution in [3.63, 3.8) is 0 Å². The number of alkyl halides is 1. The van der Waals surface area contributed by atoms with Gasteiger partial charge >= 0.3 is 0 Å². The highest BCUT2D eigenvalue weighted by molar-refractivity contribution is 6.20. The van der Waals surface area contributed by atoms with E-state index in [0.29, 0.717) is 11.3 Å². The number of aryl methyl sites for hydroxylation is 1. The average molecular weight is 253 g/mol. The van der Waals surface area contributed by atoms with Crippen molar-refractivity contribution in [2.24, 2.45) is 11.3 Å². The van der Waals surface area contributed by atoms with Gasteiger partial charge in [0.25, 0.3) is 0 Å². The standard InChI is InChI=1S/C16H25Cl/c1-12-8-6-7-9-14(12)11-15(17)10-13(2)16(3,4)5/h6-9,13,15H,10-11H2,1-5H3. The third kappa shape index (κ3) is 4.71. The number of hydrogen-bond donors (Lipinski definition) is 0. The van der Waals surface area contributed by atoms with Crippen LogP contribution in [0.25, 0.3) is 0 Å². The molecule has 0 aromatic heterocycles. The summed E-state index contributed by atoms with van der Waals surface area (Å²) in [5.41, 5.74) is 3.08. The molecule has 0 nitrogen and oxygen atoms in total. The van der Waals surface area contributed by atoms with E-state index >= 15 is 0 Å². The summed E-state index contributed by atoms with van der Waals surface area (Å²) < 4.78 is 0. The van der Waals surface area contributed by atoms with Crippen molar-refractivity contribution >= 4 is 11.6 Å². The van der Waals surface area contributed by atoms with Crippen molar-refractivity contribution in [3.8, 4) is 0 Å². The van der Waals surface area contributed by atoms with Gasteiger partial charge in [-0.05, 0) is 42.2 Å². The minimum Gasteiger partial charge on any atom is -0.123 e. The fourth-order valence-corrected chi connectivity index (χ4v) is 2.33. The van der Waals surface area contributed by atoms with E-state index in [-0.39, 0.29) is 5.38 Å². The van der Waals surface area contributed by atoms with Crippen LogP contribution in [-0.2, 0) is 6.42 Å². The van der Waals surface area contributed by atoms with Gasteiger partial charge in [0.1, 0.15) is 0 Å². The fraction of sp³-hybridized carbons (Fsp3) is 0.625. The lowest BCUT2D eigenvalue weighted by atomic mass is 9.79. The molecule has 0 saturated carbocycles. The van der Waals surface area contributed by atoms with Crippen LogP contribution in [-0.4, -0.2) is 5.38 Å². The van der Waals surface area contributed by atoms with E-state index in [2.05, 4.69) is 58.9 Å². The molecule has 0 saturated heterocycles. The van der Waals surface area contributed by atoms with Crippen LogP contribution in [0.15, 0.2) is 24.3 Å². The molecule has 0 aliphatic heterocycles. The third-order valence-corrected chi connectivity index (χ3v) is 4.12. The Morgan fingerprint density at radius 2 is 1.76 bits per heavy atom. The Labute approximate surface area is 111 Å². The number of halogens is 1.